The molecule has 368 valence electrons. The van der Waals surface area contributed by atoms with Crippen LogP contribution in [0.5, 0.6) is 17.2 Å². The number of carbonyl (C=O) groups is 4. The van der Waals surface area contributed by atoms with Gasteiger partial charge in [0.1, 0.15) is 30.3 Å². The van der Waals surface area contributed by atoms with Crippen LogP contribution in [0.1, 0.15) is 101 Å². The van der Waals surface area contributed by atoms with Crippen molar-refractivity contribution in [1.29, 1.82) is 0 Å². The minimum Gasteiger partial charge on any atom is -0.497 e. The van der Waals surface area contributed by atoms with Gasteiger partial charge in [-0.2, -0.15) is 0 Å². The predicted molar refractivity (Wildman–Crippen MR) is 277 cm³/mol. The van der Waals surface area contributed by atoms with E-state index in [9.17, 15) is 24.3 Å². The van der Waals surface area contributed by atoms with Gasteiger partial charge in [-0.05, 0) is 135 Å². The number of halogens is 1. The van der Waals surface area contributed by atoms with Crippen molar-refractivity contribution in [2.24, 2.45) is 0 Å². The van der Waals surface area contributed by atoms with Gasteiger partial charge in [-0.3, -0.25) is 23.9 Å². The van der Waals surface area contributed by atoms with Gasteiger partial charge in [0.15, 0.2) is 0 Å². The number of hydrogen-bond donors (Lipinski definition) is 2. The van der Waals surface area contributed by atoms with Crippen LogP contribution in [0.15, 0.2) is 72.8 Å². The second-order valence-electron chi connectivity index (χ2n) is 20.2. The van der Waals surface area contributed by atoms with Crippen LogP contribution in [0.3, 0.4) is 0 Å². The molecular weight excluding hydrogens is 928 g/mol. The molecule has 0 bridgehead atoms. The molecule has 6 aromatic rings. The topological polar surface area (TPSA) is 137 Å². The molecule has 2 N–H and O–H groups in total. The number of fused-ring (bicyclic) bond motifs is 5. The SMILES string of the molecule is COc1ccc2c(c1)c(CC(=O)NCCN1CCN(C(=O)c3ccc(C(=O)O)c(C4=c5cc6c7c(c5Oc5c4cc4c8c5CCCN8CCC4)CCC[N+]=7CCC6)c3)CC1)c(C)n2C(=O)c1ccc(Cl)cc1. The first kappa shape index (κ1) is 46.1. The van der Waals surface area contributed by atoms with E-state index in [1.165, 1.54) is 33.3 Å². The summed E-state index contributed by atoms with van der Waals surface area (Å²) < 4.78 is 16.9. The summed E-state index contributed by atoms with van der Waals surface area (Å²) in [7, 11) is 1.59. The Morgan fingerprint density at radius 2 is 1.50 bits per heavy atom. The highest BCUT2D eigenvalue weighted by Crippen LogP contribution is 2.49. The van der Waals surface area contributed by atoms with Gasteiger partial charge >= 0.3 is 5.97 Å². The average molecular weight is 987 g/mol. The van der Waals surface area contributed by atoms with Gasteiger partial charge in [-0.15, -0.1) is 0 Å². The smallest absolute Gasteiger partial charge is 0.336 e. The van der Waals surface area contributed by atoms with Crippen LogP contribution in [0, 0.1) is 6.92 Å². The van der Waals surface area contributed by atoms with Gasteiger partial charge < -0.3 is 29.7 Å². The van der Waals surface area contributed by atoms with Crippen molar-refractivity contribution in [3.63, 3.8) is 0 Å². The predicted octanol–water partition coefficient (Wildman–Crippen LogP) is 6.55. The van der Waals surface area contributed by atoms with Gasteiger partial charge in [0.25, 0.3) is 11.8 Å². The lowest BCUT2D eigenvalue weighted by molar-refractivity contribution is -0.120. The zero-order valence-corrected chi connectivity index (χ0v) is 41.6. The summed E-state index contributed by atoms with van der Waals surface area (Å²) in [5.41, 5.74) is 11.9. The van der Waals surface area contributed by atoms with Crippen molar-refractivity contribution in [2.45, 2.75) is 64.7 Å². The molecule has 0 atom stereocenters. The number of amides is 2. The quantitative estimate of drug-likeness (QED) is 0.146. The van der Waals surface area contributed by atoms with E-state index in [1.807, 2.05) is 36.1 Å². The minimum absolute atomic E-state index is 0.0780. The third kappa shape index (κ3) is 7.92. The Labute approximate surface area is 422 Å². The lowest BCUT2D eigenvalue weighted by atomic mass is 9.81. The number of benzene rings is 5. The third-order valence-corrected chi connectivity index (χ3v) is 16.3. The number of piperazine rings is 1. The largest absolute Gasteiger partial charge is 0.497 e. The number of hydrogen-bond acceptors (Lipinski definition) is 8. The van der Waals surface area contributed by atoms with E-state index in [0.717, 1.165) is 116 Å². The number of aryl methyl sites for hydroxylation is 2. The maximum Gasteiger partial charge on any atom is 0.336 e. The number of nitrogens with one attached hydrogen (secondary N) is 1. The molecule has 72 heavy (non-hydrogen) atoms. The van der Waals surface area contributed by atoms with E-state index in [1.54, 1.807) is 48.1 Å². The molecule has 6 aliphatic heterocycles. The zero-order valence-electron chi connectivity index (χ0n) is 40.9. The Morgan fingerprint density at radius 1 is 0.764 bits per heavy atom. The molecule has 1 aromatic heterocycles. The number of carboxylic acid groups (broad SMARTS) is 1. The summed E-state index contributed by atoms with van der Waals surface area (Å²) in [6, 6.07) is 21.9. The van der Waals surface area contributed by atoms with Crippen LogP contribution in [0.2, 0.25) is 5.02 Å². The number of aromatic nitrogens is 1. The van der Waals surface area contributed by atoms with Gasteiger partial charge in [0, 0.05) is 126 Å². The summed E-state index contributed by atoms with van der Waals surface area (Å²) in [5.74, 6) is 0.770. The highest BCUT2D eigenvalue weighted by Gasteiger charge is 2.37. The molecular formula is C58H58ClN6O7+. The van der Waals surface area contributed by atoms with Crippen molar-refractivity contribution in [3.8, 4) is 17.2 Å². The van der Waals surface area contributed by atoms with Crippen molar-refractivity contribution in [1.82, 2.24) is 24.3 Å². The Bertz CT molecular complexity index is 3420. The number of carboxylic acids is 1. The lowest BCUT2D eigenvalue weighted by Crippen LogP contribution is -2.50. The molecule has 0 unspecified atom stereocenters. The highest BCUT2D eigenvalue weighted by molar-refractivity contribution is 6.30. The molecule has 13 nitrogen and oxygen atoms in total. The van der Waals surface area contributed by atoms with Crippen molar-refractivity contribution in [2.75, 3.05) is 77.5 Å². The van der Waals surface area contributed by atoms with Crippen molar-refractivity contribution < 1.29 is 33.8 Å². The average Bonchev–Trinajstić information content (AvgIpc) is 3.67. The molecule has 0 saturated carbocycles. The van der Waals surface area contributed by atoms with Gasteiger partial charge in [0.05, 0.1) is 30.2 Å². The molecule has 7 heterocycles. The van der Waals surface area contributed by atoms with Gasteiger partial charge in [-0.25, -0.2) is 9.37 Å². The van der Waals surface area contributed by atoms with E-state index in [4.69, 9.17) is 21.1 Å². The normalized spacial score (nSPS) is 16.9. The minimum atomic E-state index is -1.03. The number of methoxy groups -OCH3 is 1. The standard InChI is InChI=1S/C58H57ClN6O7/c1-34-44(45-32-40(71-2)16-18-49(45)65(34)57(68)35-11-14-39(59)15-12-35)33-50(66)60-19-24-61-25-27-64(28-26-61)56(67)38-13-17-41(58(69)70)46(31-38)51-47-29-36-7-3-20-62-22-5-9-42(52(36)62)54(47)72-55-43-10-6-23-63-21-4-8-37(53(43)63)30-48(51)55/h11-18,29-32H,3-10,19-28,33H2,1-2H3,(H-,60,66,69,70)/p+1. The van der Waals surface area contributed by atoms with Crippen LogP contribution in [0.25, 0.3) is 16.5 Å². The van der Waals surface area contributed by atoms with Crippen LogP contribution in [-0.2, 0) is 36.9 Å². The Kier molecular flexibility index (Phi) is 11.9. The third-order valence-electron chi connectivity index (χ3n) is 16.0. The summed E-state index contributed by atoms with van der Waals surface area (Å²) in [6.07, 6.45) is 7.99. The number of anilines is 1. The van der Waals surface area contributed by atoms with Crippen LogP contribution in [-0.4, -0.2) is 116 Å². The second-order valence-corrected chi connectivity index (χ2v) is 20.6. The fourth-order valence-electron chi connectivity index (χ4n) is 12.6. The van der Waals surface area contributed by atoms with Crippen molar-refractivity contribution in [3.05, 3.63) is 150 Å². The molecule has 0 radical (unpaired) electrons. The first-order chi connectivity index (χ1) is 35.0. The first-order valence-electron chi connectivity index (χ1n) is 25.6. The number of ether oxygens (including phenoxy) is 2. The molecule has 1 fully saturated rings. The summed E-state index contributed by atoms with van der Waals surface area (Å²) in [5, 5.41) is 17.5. The molecule has 0 aliphatic carbocycles. The number of nitrogens with zero attached hydrogens (tertiary/aromatic N) is 5. The molecule has 2 amide bonds. The second kappa shape index (κ2) is 18.6. The van der Waals surface area contributed by atoms with E-state index < -0.39 is 5.97 Å². The molecule has 14 heteroatoms. The van der Waals surface area contributed by atoms with Crippen LogP contribution in [0.4, 0.5) is 5.69 Å². The maximum absolute atomic E-state index is 14.6. The fourth-order valence-corrected chi connectivity index (χ4v) is 12.7. The van der Waals surface area contributed by atoms with E-state index in [-0.39, 0.29) is 29.7 Å². The maximum atomic E-state index is 14.6. The van der Waals surface area contributed by atoms with Gasteiger partial charge in [0.2, 0.25) is 11.3 Å². The zero-order chi connectivity index (χ0) is 49.4. The number of carbonyl (C=O) groups excluding carboxylic acids is 3. The Hall–Kier alpha value is -6.96. The number of aromatic carboxylic acids is 1. The highest BCUT2D eigenvalue weighted by atomic mass is 35.5. The van der Waals surface area contributed by atoms with E-state index >= 15 is 0 Å². The van der Waals surface area contributed by atoms with E-state index in [0.29, 0.717) is 77.9 Å². The molecule has 0 spiro atoms. The fraction of sp³-hybridized carbons (Fsp3) is 0.362. The summed E-state index contributed by atoms with van der Waals surface area (Å²) in [6.45, 7) is 9.18. The van der Waals surface area contributed by atoms with Crippen molar-refractivity contribution >= 4 is 57.5 Å². The Balaban J connectivity index is 0.789. The summed E-state index contributed by atoms with van der Waals surface area (Å²) >= 11 is 6.11. The van der Waals surface area contributed by atoms with Crippen LogP contribution < -0.4 is 34.8 Å². The van der Waals surface area contributed by atoms with Crippen LogP contribution >= 0.6 is 11.6 Å². The Morgan fingerprint density at radius 3 is 2.28 bits per heavy atom. The summed E-state index contributed by atoms with van der Waals surface area (Å²) in [4.78, 5) is 61.9. The van der Waals surface area contributed by atoms with E-state index in [2.05, 4.69) is 31.8 Å². The molecule has 12 rings (SSSR count). The molecule has 1 saturated heterocycles. The van der Waals surface area contributed by atoms with Gasteiger partial charge in [-0.1, -0.05) is 11.6 Å². The molecule has 6 aliphatic rings. The monoisotopic (exact) mass is 985 g/mol. The first-order valence-corrected chi connectivity index (χ1v) is 26.0. The molecule has 5 aromatic carbocycles. The lowest BCUT2D eigenvalue weighted by Gasteiger charge is -2.39. The number of rotatable bonds is 10.